The summed E-state index contributed by atoms with van der Waals surface area (Å²) in [5.74, 6) is 6.51. The lowest BCUT2D eigenvalue weighted by Crippen LogP contribution is -2.32. The Bertz CT molecular complexity index is 222. The van der Waals surface area contributed by atoms with Crippen LogP contribution >= 0.6 is 0 Å². The molecule has 4 nitrogen and oxygen atoms in total. The molecule has 1 rings (SSSR count). The molecule has 0 aliphatic heterocycles. The second kappa shape index (κ2) is 4.13. The Hall–Kier alpha value is -1.00. The first kappa shape index (κ1) is 9.09. The topological polar surface area (TPSA) is 63.8 Å². The van der Waals surface area contributed by atoms with Gasteiger partial charge in [-0.15, -0.1) is 0 Å². The Morgan fingerprint density at radius 2 is 1.92 bits per heavy atom. The third kappa shape index (κ3) is 1.99. The molecule has 12 heavy (non-hydrogen) atoms. The summed E-state index contributed by atoms with van der Waals surface area (Å²) in [4.78, 5) is 8.24. The van der Waals surface area contributed by atoms with Gasteiger partial charge in [0.05, 0.1) is 6.04 Å². The minimum Gasteiger partial charge on any atom is -0.271 e. The number of nitrogens with zero attached hydrogens (tertiary/aromatic N) is 2. The standard InChI is InChI=1S/C8H14N4/c1-6(2)7(12-9)8-10-4-3-5-11-8/h3-7,12H,9H2,1-2H3. The van der Waals surface area contributed by atoms with E-state index in [9.17, 15) is 0 Å². The van der Waals surface area contributed by atoms with Gasteiger partial charge in [0.25, 0.3) is 0 Å². The summed E-state index contributed by atoms with van der Waals surface area (Å²) in [6.07, 6.45) is 3.43. The van der Waals surface area contributed by atoms with Crippen molar-refractivity contribution in [3.05, 3.63) is 24.3 Å². The zero-order valence-electron chi connectivity index (χ0n) is 7.36. The summed E-state index contributed by atoms with van der Waals surface area (Å²) in [7, 11) is 0. The highest BCUT2D eigenvalue weighted by molar-refractivity contribution is 4.96. The van der Waals surface area contributed by atoms with Crippen LogP contribution in [0.4, 0.5) is 0 Å². The number of rotatable bonds is 3. The van der Waals surface area contributed by atoms with Crippen molar-refractivity contribution in [3.63, 3.8) is 0 Å². The van der Waals surface area contributed by atoms with Gasteiger partial charge in [-0.2, -0.15) is 0 Å². The molecule has 1 heterocycles. The molecule has 0 aromatic carbocycles. The van der Waals surface area contributed by atoms with Crippen LogP contribution in [-0.4, -0.2) is 9.97 Å². The second-order valence-corrected chi connectivity index (χ2v) is 3.00. The first-order valence-corrected chi connectivity index (χ1v) is 3.98. The van der Waals surface area contributed by atoms with E-state index in [2.05, 4.69) is 29.2 Å². The molecule has 0 saturated heterocycles. The van der Waals surface area contributed by atoms with Crippen LogP contribution in [0.2, 0.25) is 0 Å². The fraction of sp³-hybridized carbons (Fsp3) is 0.500. The van der Waals surface area contributed by atoms with Crippen molar-refractivity contribution in [2.45, 2.75) is 19.9 Å². The monoisotopic (exact) mass is 166 g/mol. The molecule has 4 heteroatoms. The van der Waals surface area contributed by atoms with Gasteiger partial charge in [0.15, 0.2) is 0 Å². The summed E-state index contributed by atoms with van der Waals surface area (Å²) in [5, 5.41) is 0. The first-order valence-electron chi connectivity index (χ1n) is 3.98. The number of nitrogens with one attached hydrogen (secondary N) is 1. The average molecular weight is 166 g/mol. The molecule has 0 aliphatic carbocycles. The van der Waals surface area contributed by atoms with Crippen molar-refractivity contribution >= 4 is 0 Å². The molecule has 1 atom stereocenters. The number of nitrogens with two attached hydrogens (primary N) is 1. The lowest BCUT2D eigenvalue weighted by molar-refractivity contribution is 0.402. The van der Waals surface area contributed by atoms with Crippen LogP contribution in [0.1, 0.15) is 25.7 Å². The molecule has 0 aliphatic rings. The van der Waals surface area contributed by atoms with Crippen LogP contribution in [0.25, 0.3) is 0 Å². The highest BCUT2D eigenvalue weighted by Gasteiger charge is 2.15. The van der Waals surface area contributed by atoms with E-state index in [4.69, 9.17) is 5.84 Å². The van der Waals surface area contributed by atoms with Gasteiger partial charge in [-0.25, -0.2) is 15.4 Å². The fourth-order valence-electron chi connectivity index (χ4n) is 1.04. The van der Waals surface area contributed by atoms with Crippen molar-refractivity contribution in [1.29, 1.82) is 0 Å². The molecular formula is C8H14N4. The van der Waals surface area contributed by atoms with Gasteiger partial charge in [0.1, 0.15) is 5.82 Å². The summed E-state index contributed by atoms with van der Waals surface area (Å²) < 4.78 is 0. The van der Waals surface area contributed by atoms with E-state index in [-0.39, 0.29) is 6.04 Å². The highest BCUT2D eigenvalue weighted by Crippen LogP contribution is 2.15. The molecule has 3 N–H and O–H groups in total. The lowest BCUT2D eigenvalue weighted by Gasteiger charge is -2.17. The smallest absolute Gasteiger partial charge is 0.146 e. The number of hydrazine groups is 1. The average Bonchev–Trinajstić information content (AvgIpc) is 2.07. The Kier molecular flexibility index (Phi) is 3.13. The maximum absolute atomic E-state index is 5.38. The molecule has 0 radical (unpaired) electrons. The van der Waals surface area contributed by atoms with Crippen LogP contribution in [0, 0.1) is 5.92 Å². The first-order chi connectivity index (χ1) is 5.75. The van der Waals surface area contributed by atoms with Crippen LogP contribution in [0.3, 0.4) is 0 Å². The van der Waals surface area contributed by atoms with Gasteiger partial charge < -0.3 is 0 Å². The molecule has 1 aromatic rings. The van der Waals surface area contributed by atoms with E-state index >= 15 is 0 Å². The van der Waals surface area contributed by atoms with Crippen molar-refractivity contribution in [1.82, 2.24) is 15.4 Å². The minimum atomic E-state index is 0.0335. The molecule has 0 bridgehead atoms. The largest absolute Gasteiger partial charge is 0.271 e. The van der Waals surface area contributed by atoms with Gasteiger partial charge >= 0.3 is 0 Å². The third-order valence-electron chi connectivity index (χ3n) is 1.71. The zero-order chi connectivity index (χ0) is 8.97. The van der Waals surface area contributed by atoms with Crippen molar-refractivity contribution in [2.75, 3.05) is 0 Å². The number of hydrogen-bond acceptors (Lipinski definition) is 4. The fourth-order valence-corrected chi connectivity index (χ4v) is 1.04. The normalized spacial score (nSPS) is 13.3. The quantitative estimate of drug-likeness (QED) is 0.511. The number of aromatic nitrogens is 2. The predicted octanol–water partition coefficient (Wildman–Crippen LogP) is 0.637. The molecule has 1 aromatic heterocycles. The van der Waals surface area contributed by atoms with E-state index in [0.717, 1.165) is 5.82 Å². The highest BCUT2D eigenvalue weighted by atomic mass is 15.2. The van der Waals surface area contributed by atoms with Crippen LogP contribution < -0.4 is 11.3 Å². The Morgan fingerprint density at radius 1 is 1.33 bits per heavy atom. The van der Waals surface area contributed by atoms with Crippen molar-refractivity contribution < 1.29 is 0 Å². The minimum absolute atomic E-state index is 0.0335. The van der Waals surface area contributed by atoms with E-state index in [1.165, 1.54) is 0 Å². The van der Waals surface area contributed by atoms with E-state index in [0.29, 0.717) is 5.92 Å². The van der Waals surface area contributed by atoms with E-state index in [1.54, 1.807) is 18.5 Å². The molecule has 0 spiro atoms. The maximum Gasteiger partial charge on any atom is 0.146 e. The summed E-state index contributed by atoms with van der Waals surface area (Å²) in [5.41, 5.74) is 2.69. The van der Waals surface area contributed by atoms with Crippen LogP contribution in [-0.2, 0) is 0 Å². The van der Waals surface area contributed by atoms with Gasteiger partial charge in [-0.3, -0.25) is 5.84 Å². The van der Waals surface area contributed by atoms with Gasteiger partial charge in [-0.05, 0) is 12.0 Å². The van der Waals surface area contributed by atoms with Gasteiger partial charge in [0, 0.05) is 12.4 Å². The molecule has 66 valence electrons. The SMILES string of the molecule is CC(C)C(NN)c1ncccn1. The van der Waals surface area contributed by atoms with Crippen LogP contribution in [0.5, 0.6) is 0 Å². The molecule has 0 saturated carbocycles. The number of hydrogen-bond donors (Lipinski definition) is 2. The summed E-state index contributed by atoms with van der Waals surface area (Å²) in [6.45, 7) is 4.14. The maximum atomic E-state index is 5.38. The third-order valence-corrected chi connectivity index (χ3v) is 1.71. The Balaban J connectivity index is 2.80. The summed E-state index contributed by atoms with van der Waals surface area (Å²) in [6, 6.07) is 1.82. The second-order valence-electron chi connectivity index (χ2n) is 3.00. The van der Waals surface area contributed by atoms with E-state index < -0.39 is 0 Å². The van der Waals surface area contributed by atoms with E-state index in [1.807, 2.05) is 0 Å². The van der Waals surface area contributed by atoms with Gasteiger partial charge in [-0.1, -0.05) is 13.8 Å². The van der Waals surface area contributed by atoms with Crippen molar-refractivity contribution in [3.8, 4) is 0 Å². The molecule has 0 amide bonds. The molecule has 1 unspecified atom stereocenters. The zero-order valence-corrected chi connectivity index (χ0v) is 7.36. The van der Waals surface area contributed by atoms with Crippen LogP contribution in [0.15, 0.2) is 18.5 Å². The molecular weight excluding hydrogens is 152 g/mol. The summed E-state index contributed by atoms with van der Waals surface area (Å²) >= 11 is 0. The van der Waals surface area contributed by atoms with Gasteiger partial charge in [0.2, 0.25) is 0 Å². The molecule has 0 fully saturated rings. The lowest BCUT2D eigenvalue weighted by atomic mass is 10.0. The Morgan fingerprint density at radius 3 is 2.33 bits per heavy atom. The Labute approximate surface area is 72.2 Å². The predicted molar refractivity (Wildman–Crippen MR) is 46.9 cm³/mol. The van der Waals surface area contributed by atoms with Crippen molar-refractivity contribution in [2.24, 2.45) is 11.8 Å².